The summed E-state index contributed by atoms with van der Waals surface area (Å²) in [5, 5.41) is 2.31. The average Bonchev–Trinajstić information content (AvgIpc) is 2.90. The highest BCUT2D eigenvalue weighted by Crippen LogP contribution is 2.25. The Balaban J connectivity index is 1.70. The molecule has 158 valence electrons. The number of primary amides is 1. The van der Waals surface area contributed by atoms with Crippen molar-refractivity contribution in [3.8, 4) is 0 Å². The molecule has 0 spiro atoms. The van der Waals surface area contributed by atoms with E-state index in [1.165, 1.54) is 11.3 Å². The number of ether oxygens (including phenoxy) is 1. The van der Waals surface area contributed by atoms with Crippen molar-refractivity contribution in [1.82, 2.24) is 15.1 Å². The fourth-order valence-corrected chi connectivity index (χ4v) is 4.05. The number of hydrogen-bond acceptors (Lipinski definition) is 4. The summed E-state index contributed by atoms with van der Waals surface area (Å²) in [6.45, 7) is 0.975. The van der Waals surface area contributed by atoms with E-state index in [1.54, 1.807) is 0 Å². The molecule has 0 radical (unpaired) electrons. The van der Waals surface area contributed by atoms with E-state index in [9.17, 15) is 14.4 Å². The van der Waals surface area contributed by atoms with Gasteiger partial charge >= 0.3 is 6.03 Å². The van der Waals surface area contributed by atoms with Crippen LogP contribution in [0.3, 0.4) is 0 Å². The van der Waals surface area contributed by atoms with Crippen LogP contribution in [0.25, 0.3) is 0 Å². The van der Waals surface area contributed by atoms with Gasteiger partial charge in [0.2, 0.25) is 11.8 Å². The number of nitrogens with one attached hydrogen (secondary N) is 1. The van der Waals surface area contributed by atoms with Gasteiger partial charge in [-0.05, 0) is 18.4 Å². The van der Waals surface area contributed by atoms with Gasteiger partial charge in [0.15, 0.2) is 0 Å². The third kappa shape index (κ3) is 6.19. The van der Waals surface area contributed by atoms with Crippen molar-refractivity contribution in [3.63, 3.8) is 0 Å². The normalized spacial score (nSPS) is 21.0. The predicted octanol–water partition coefficient (Wildman–Crippen LogP) is 1.24. The van der Waals surface area contributed by atoms with Crippen LogP contribution in [0.15, 0.2) is 30.3 Å². The second-order valence-corrected chi connectivity index (χ2v) is 7.75. The molecule has 1 aromatic rings. The molecule has 3 rings (SSSR count). The van der Waals surface area contributed by atoms with E-state index in [4.69, 9.17) is 10.5 Å². The molecule has 0 bridgehead atoms. The van der Waals surface area contributed by atoms with Crippen LogP contribution in [0.2, 0.25) is 0 Å². The van der Waals surface area contributed by atoms with E-state index in [1.807, 2.05) is 35.2 Å². The average molecular weight is 402 g/mol. The lowest BCUT2D eigenvalue weighted by Crippen LogP contribution is -2.47. The Labute approximate surface area is 171 Å². The molecule has 2 fully saturated rings. The van der Waals surface area contributed by atoms with Crippen molar-refractivity contribution < 1.29 is 19.1 Å². The van der Waals surface area contributed by atoms with Crippen LogP contribution in [0.4, 0.5) is 4.79 Å². The fraction of sp³-hybridized carbons (Fsp3) is 0.571. The summed E-state index contributed by atoms with van der Waals surface area (Å²) in [5.41, 5.74) is 6.11. The van der Waals surface area contributed by atoms with Crippen molar-refractivity contribution >= 4 is 17.8 Å². The van der Waals surface area contributed by atoms with Gasteiger partial charge in [0.1, 0.15) is 0 Å². The molecule has 4 amide bonds. The molecular weight excluding hydrogens is 372 g/mol. The first kappa shape index (κ1) is 21.1. The van der Waals surface area contributed by atoms with Crippen molar-refractivity contribution in [1.29, 1.82) is 0 Å². The molecule has 1 atom stereocenters. The molecule has 3 N–H and O–H groups in total. The molecule has 1 saturated heterocycles. The minimum atomic E-state index is -0.764. The fourth-order valence-electron chi connectivity index (χ4n) is 4.05. The zero-order chi connectivity index (χ0) is 20.6. The highest BCUT2D eigenvalue weighted by atomic mass is 16.5. The van der Waals surface area contributed by atoms with Gasteiger partial charge < -0.3 is 25.6 Å². The number of carbonyl (C=O) groups excluding carboxylic acids is 3. The number of carbonyl (C=O) groups is 3. The van der Waals surface area contributed by atoms with Gasteiger partial charge in [-0.15, -0.1) is 0 Å². The maximum atomic E-state index is 13.0. The van der Waals surface area contributed by atoms with E-state index >= 15 is 0 Å². The summed E-state index contributed by atoms with van der Waals surface area (Å²) in [7, 11) is 0. The third-order valence-corrected chi connectivity index (χ3v) is 5.58. The first-order chi connectivity index (χ1) is 14.0. The Kier molecular flexibility index (Phi) is 7.46. The Morgan fingerprint density at radius 1 is 1.10 bits per heavy atom. The summed E-state index contributed by atoms with van der Waals surface area (Å²) in [4.78, 5) is 39.8. The molecule has 1 aromatic carbocycles. The van der Waals surface area contributed by atoms with Gasteiger partial charge in [0.05, 0.1) is 25.8 Å². The highest BCUT2D eigenvalue weighted by molar-refractivity contribution is 5.88. The number of urea groups is 1. The maximum Gasteiger partial charge on any atom is 0.312 e. The van der Waals surface area contributed by atoms with Gasteiger partial charge in [-0.25, -0.2) is 4.79 Å². The molecule has 1 heterocycles. The molecule has 0 aromatic heterocycles. The van der Waals surface area contributed by atoms with Crippen LogP contribution in [0.5, 0.6) is 0 Å². The van der Waals surface area contributed by atoms with Gasteiger partial charge in [-0.2, -0.15) is 0 Å². The number of rotatable bonds is 6. The quantitative estimate of drug-likeness (QED) is 0.747. The van der Waals surface area contributed by atoms with Crippen molar-refractivity contribution in [2.75, 3.05) is 26.2 Å². The van der Waals surface area contributed by atoms with Crippen LogP contribution in [0, 0.1) is 0 Å². The van der Waals surface area contributed by atoms with Crippen LogP contribution in [-0.4, -0.2) is 66.0 Å². The molecule has 1 aliphatic heterocycles. The Morgan fingerprint density at radius 3 is 2.52 bits per heavy atom. The summed E-state index contributed by atoms with van der Waals surface area (Å²) >= 11 is 0. The molecule has 1 aliphatic carbocycles. The van der Waals surface area contributed by atoms with E-state index in [2.05, 4.69) is 5.32 Å². The Morgan fingerprint density at radius 2 is 1.83 bits per heavy atom. The molecule has 1 unspecified atom stereocenters. The van der Waals surface area contributed by atoms with Crippen LogP contribution >= 0.6 is 0 Å². The molecule has 2 aliphatic rings. The topological polar surface area (TPSA) is 105 Å². The van der Waals surface area contributed by atoms with E-state index < -0.39 is 6.03 Å². The van der Waals surface area contributed by atoms with Crippen LogP contribution in [0.1, 0.15) is 37.7 Å². The lowest BCUT2D eigenvalue weighted by Gasteiger charge is -2.34. The standard InChI is InChI=1S/C21H30N4O4/c22-21(28)23-11-19(26)24-12-18(29-15-16-7-3-1-4-8-16)13-25(20(27)14-24)17-9-5-2-6-10-17/h1,3-4,7-8,17-18H,2,5-6,9-15H2,(H3,22,23,28). The number of amides is 4. The highest BCUT2D eigenvalue weighted by Gasteiger charge is 2.34. The molecule has 29 heavy (non-hydrogen) atoms. The van der Waals surface area contributed by atoms with Crippen LogP contribution < -0.4 is 11.1 Å². The lowest BCUT2D eigenvalue weighted by molar-refractivity contribution is -0.139. The summed E-state index contributed by atoms with van der Waals surface area (Å²) in [6, 6.07) is 9.27. The number of benzene rings is 1. The zero-order valence-electron chi connectivity index (χ0n) is 16.7. The first-order valence-electron chi connectivity index (χ1n) is 10.3. The van der Waals surface area contributed by atoms with Gasteiger partial charge in [0.25, 0.3) is 0 Å². The predicted molar refractivity (Wildman–Crippen MR) is 108 cm³/mol. The lowest BCUT2D eigenvalue weighted by atomic mass is 9.94. The molecule has 8 nitrogen and oxygen atoms in total. The Hall–Kier alpha value is -2.61. The maximum absolute atomic E-state index is 13.0. The summed E-state index contributed by atoms with van der Waals surface area (Å²) < 4.78 is 6.12. The van der Waals surface area contributed by atoms with E-state index in [-0.39, 0.29) is 37.0 Å². The minimum absolute atomic E-state index is 0.000965. The largest absolute Gasteiger partial charge is 0.370 e. The second-order valence-electron chi connectivity index (χ2n) is 7.75. The smallest absolute Gasteiger partial charge is 0.312 e. The Bertz CT molecular complexity index is 706. The molecule has 8 heteroatoms. The SMILES string of the molecule is NC(=O)NCC(=O)N1CC(=O)N(C2CCCCC2)CC(OCc2ccccc2)C1. The van der Waals surface area contributed by atoms with E-state index in [0.29, 0.717) is 19.7 Å². The number of hydrogen-bond donors (Lipinski definition) is 2. The van der Waals surface area contributed by atoms with Crippen LogP contribution in [-0.2, 0) is 20.9 Å². The minimum Gasteiger partial charge on any atom is -0.370 e. The van der Waals surface area contributed by atoms with Gasteiger partial charge in [-0.1, -0.05) is 49.6 Å². The number of nitrogens with two attached hydrogens (primary N) is 1. The van der Waals surface area contributed by atoms with Crippen molar-refractivity contribution in [2.45, 2.75) is 50.9 Å². The first-order valence-corrected chi connectivity index (χ1v) is 10.3. The van der Waals surface area contributed by atoms with E-state index in [0.717, 1.165) is 31.2 Å². The zero-order valence-corrected chi connectivity index (χ0v) is 16.7. The van der Waals surface area contributed by atoms with Crippen molar-refractivity contribution in [2.24, 2.45) is 5.73 Å². The number of nitrogens with zero attached hydrogens (tertiary/aromatic N) is 2. The molecular formula is C21H30N4O4. The summed E-state index contributed by atoms with van der Waals surface area (Å²) in [6.07, 6.45) is 5.14. The molecule has 1 saturated carbocycles. The second kappa shape index (κ2) is 10.2. The third-order valence-electron chi connectivity index (χ3n) is 5.58. The van der Waals surface area contributed by atoms with Gasteiger partial charge in [-0.3, -0.25) is 9.59 Å². The van der Waals surface area contributed by atoms with Crippen molar-refractivity contribution in [3.05, 3.63) is 35.9 Å². The monoisotopic (exact) mass is 402 g/mol. The van der Waals surface area contributed by atoms with Gasteiger partial charge in [0, 0.05) is 19.1 Å². The summed E-state index contributed by atoms with van der Waals surface area (Å²) in [5.74, 6) is -0.397.